The Balaban J connectivity index is 1.91. The van der Waals surface area contributed by atoms with E-state index < -0.39 is 10.0 Å². The van der Waals surface area contributed by atoms with Gasteiger partial charge >= 0.3 is 0 Å². The van der Waals surface area contributed by atoms with Crippen molar-refractivity contribution in [1.29, 1.82) is 0 Å². The van der Waals surface area contributed by atoms with E-state index in [1.807, 2.05) is 0 Å². The molecule has 0 aliphatic carbocycles. The first-order valence-corrected chi connectivity index (χ1v) is 10.7. The molecule has 1 aromatic rings. The van der Waals surface area contributed by atoms with Crippen molar-refractivity contribution < 1.29 is 13.2 Å². The number of likely N-dealkylation sites (tertiary alicyclic amines) is 1. The molecule has 2 rings (SSSR count). The Kier molecular flexibility index (Phi) is 7.10. The summed E-state index contributed by atoms with van der Waals surface area (Å²) < 4.78 is 25.3. The lowest BCUT2D eigenvalue weighted by Crippen LogP contribution is -2.41. The third kappa shape index (κ3) is 6.17. The maximum Gasteiger partial charge on any atom is 0.240 e. The van der Waals surface area contributed by atoms with Gasteiger partial charge in [0.15, 0.2) is 0 Å². The predicted molar refractivity (Wildman–Crippen MR) is 102 cm³/mol. The first kappa shape index (κ1) is 20.0. The molecule has 0 bridgehead atoms. The number of nitrogens with zero attached hydrogens (tertiary/aromatic N) is 2. The summed E-state index contributed by atoms with van der Waals surface area (Å²) in [5.41, 5.74) is 1.18. The predicted octanol–water partition coefficient (Wildman–Crippen LogP) is 2.02. The number of carbonyl (C=O) groups is 1. The monoisotopic (exact) mass is 387 g/mol. The van der Waals surface area contributed by atoms with Gasteiger partial charge in [-0.2, -0.15) is 0 Å². The molecule has 1 amide bonds. The van der Waals surface area contributed by atoms with Gasteiger partial charge in [0.1, 0.15) is 6.54 Å². The second-order valence-electron chi connectivity index (χ2n) is 6.45. The molecule has 1 aliphatic rings. The Bertz CT molecular complexity index is 703. The first-order chi connectivity index (χ1) is 11.8. The molecular weight excluding hydrogens is 362 g/mol. The van der Waals surface area contributed by atoms with Crippen molar-refractivity contribution in [1.82, 2.24) is 10.2 Å². The fraction of sp³-hybridized carbons (Fsp3) is 0.588. The lowest BCUT2D eigenvalue weighted by atomic mass is 10.2. The minimum absolute atomic E-state index is 0.231. The molecule has 25 heavy (non-hydrogen) atoms. The Labute approximate surface area is 155 Å². The zero-order chi connectivity index (χ0) is 18.4. The molecule has 0 spiro atoms. The smallest absolute Gasteiger partial charge is 0.240 e. The summed E-state index contributed by atoms with van der Waals surface area (Å²) >= 11 is 5.93. The van der Waals surface area contributed by atoms with Crippen molar-refractivity contribution in [2.24, 2.45) is 0 Å². The van der Waals surface area contributed by atoms with Gasteiger partial charge in [-0.05, 0) is 69.6 Å². The molecule has 6 nitrogen and oxygen atoms in total. The zero-order valence-electron chi connectivity index (χ0n) is 14.8. The van der Waals surface area contributed by atoms with Gasteiger partial charge in [0.25, 0.3) is 0 Å². The number of hydrogen-bond acceptors (Lipinski definition) is 4. The summed E-state index contributed by atoms with van der Waals surface area (Å²) in [4.78, 5) is 14.6. The van der Waals surface area contributed by atoms with E-state index >= 15 is 0 Å². The van der Waals surface area contributed by atoms with Gasteiger partial charge in [-0.1, -0.05) is 11.6 Å². The second-order valence-corrected chi connectivity index (χ2v) is 8.80. The van der Waals surface area contributed by atoms with E-state index in [-0.39, 0.29) is 12.5 Å². The maximum atomic E-state index is 12.2. The number of amides is 1. The Morgan fingerprint density at radius 2 is 2.00 bits per heavy atom. The SMILES string of the molecule is Cc1cc(Cl)ccc1N(CC(=O)NCCCN1CCCC1)S(C)(=O)=O. The Hall–Kier alpha value is -1.31. The maximum absolute atomic E-state index is 12.2. The van der Waals surface area contributed by atoms with Crippen molar-refractivity contribution in [3.63, 3.8) is 0 Å². The van der Waals surface area contributed by atoms with Crippen LogP contribution in [0.25, 0.3) is 0 Å². The minimum atomic E-state index is -3.57. The third-order valence-corrected chi connectivity index (χ3v) is 5.65. The van der Waals surface area contributed by atoms with Gasteiger partial charge in [-0.3, -0.25) is 9.10 Å². The van der Waals surface area contributed by atoms with E-state index in [1.54, 1.807) is 25.1 Å². The highest BCUT2D eigenvalue weighted by Gasteiger charge is 2.22. The van der Waals surface area contributed by atoms with Gasteiger partial charge in [-0.15, -0.1) is 0 Å². The molecule has 0 unspecified atom stereocenters. The highest BCUT2D eigenvalue weighted by molar-refractivity contribution is 7.92. The van der Waals surface area contributed by atoms with Crippen LogP contribution in [0.5, 0.6) is 0 Å². The van der Waals surface area contributed by atoms with Crippen molar-refractivity contribution in [2.75, 3.05) is 43.3 Å². The summed E-state index contributed by atoms with van der Waals surface area (Å²) in [5.74, 6) is -0.304. The van der Waals surface area contributed by atoms with Gasteiger partial charge in [0.2, 0.25) is 15.9 Å². The number of benzene rings is 1. The van der Waals surface area contributed by atoms with Crippen molar-refractivity contribution >= 4 is 33.2 Å². The van der Waals surface area contributed by atoms with E-state index in [0.29, 0.717) is 22.8 Å². The molecule has 1 heterocycles. The number of nitrogens with one attached hydrogen (secondary N) is 1. The van der Waals surface area contributed by atoms with Gasteiger partial charge in [-0.25, -0.2) is 8.42 Å². The highest BCUT2D eigenvalue weighted by Crippen LogP contribution is 2.25. The van der Waals surface area contributed by atoms with Crippen molar-refractivity contribution in [3.05, 3.63) is 28.8 Å². The van der Waals surface area contributed by atoms with Crippen LogP contribution in [-0.2, 0) is 14.8 Å². The molecule has 0 saturated carbocycles. The highest BCUT2D eigenvalue weighted by atomic mass is 35.5. The minimum Gasteiger partial charge on any atom is -0.354 e. The van der Waals surface area contributed by atoms with Crippen molar-refractivity contribution in [3.8, 4) is 0 Å². The summed E-state index contributed by atoms with van der Waals surface area (Å²) in [6.07, 6.45) is 4.46. The summed E-state index contributed by atoms with van der Waals surface area (Å²) in [6.45, 7) is 5.31. The zero-order valence-corrected chi connectivity index (χ0v) is 16.4. The van der Waals surface area contributed by atoms with E-state index in [1.165, 1.54) is 12.8 Å². The van der Waals surface area contributed by atoms with Gasteiger partial charge < -0.3 is 10.2 Å². The standard InChI is InChI=1S/C17H26ClN3O3S/c1-14-12-15(18)6-7-16(14)21(25(2,23)24)13-17(22)19-8-5-11-20-9-3-4-10-20/h6-7,12H,3-5,8-11,13H2,1-2H3,(H,19,22). The Morgan fingerprint density at radius 3 is 2.60 bits per heavy atom. The molecule has 0 radical (unpaired) electrons. The van der Waals surface area contributed by atoms with Gasteiger partial charge in [0, 0.05) is 11.6 Å². The number of halogens is 1. The van der Waals surface area contributed by atoms with Crippen LogP contribution in [-0.4, -0.2) is 58.2 Å². The fourth-order valence-corrected chi connectivity index (χ4v) is 4.14. The van der Waals surface area contributed by atoms with Gasteiger partial charge in [0.05, 0.1) is 11.9 Å². The van der Waals surface area contributed by atoms with Crippen molar-refractivity contribution in [2.45, 2.75) is 26.2 Å². The largest absolute Gasteiger partial charge is 0.354 e. The van der Waals surface area contributed by atoms with Crippen LogP contribution in [0, 0.1) is 6.92 Å². The summed E-state index contributed by atoms with van der Waals surface area (Å²) in [6, 6.07) is 4.93. The van der Waals surface area contributed by atoms with Crippen LogP contribution in [0.3, 0.4) is 0 Å². The number of carbonyl (C=O) groups excluding carboxylic acids is 1. The fourth-order valence-electron chi connectivity index (χ4n) is 3.00. The number of hydrogen-bond donors (Lipinski definition) is 1. The van der Waals surface area contributed by atoms with Crippen LogP contribution >= 0.6 is 11.6 Å². The molecule has 140 valence electrons. The number of aryl methyl sites for hydroxylation is 1. The molecule has 1 aromatic carbocycles. The van der Waals surface area contributed by atoms with Crippen LogP contribution in [0.2, 0.25) is 5.02 Å². The van der Waals surface area contributed by atoms with E-state index in [4.69, 9.17) is 11.6 Å². The molecule has 1 fully saturated rings. The molecule has 1 saturated heterocycles. The number of sulfonamides is 1. The second kappa shape index (κ2) is 8.87. The lowest BCUT2D eigenvalue weighted by molar-refractivity contribution is -0.119. The molecule has 1 N–H and O–H groups in total. The molecule has 1 aliphatic heterocycles. The van der Waals surface area contributed by atoms with Crippen LogP contribution in [0.1, 0.15) is 24.8 Å². The lowest BCUT2D eigenvalue weighted by Gasteiger charge is -2.24. The quantitative estimate of drug-likeness (QED) is 0.693. The average Bonchev–Trinajstić information content (AvgIpc) is 3.02. The molecule has 8 heteroatoms. The first-order valence-electron chi connectivity index (χ1n) is 8.50. The van der Waals surface area contributed by atoms with E-state index in [2.05, 4.69) is 10.2 Å². The third-order valence-electron chi connectivity index (χ3n) is 4.29. The number of anilines is 1. The summed E-state index contributed by atoms with van der Waals surface area (Å²) in [7, 11) is -3.57. The number of rotatable bonds is 8. The summed E-state index contributed by atoms with van der Waals surface area (Å²) in [5, 5.41) is 3.34. The molecule has 0 aromatic heterocycles. The van der Waals surface area contributed by atoms with Crippen LogP contribution < -0.4 is 9.62 Å². The van der Waals surface area contributed by atoms with E-state index in [9.17, 15) is 13.2 Å². The topological polar surface area (TPSA) is 69.7 Å². The van der Waals surface area contributed by atoms with Crippen LogP contribution in [0.4, 0.5) is 5.69 Å². The molecule has 0 atom stereocenters. The Morgan fingerprint density at radius 1 is 1.32 bits per heavy atom. The van der Waals surface area contributed by atoms with E-state index in [0.717, 1.165) is 36.6 Å². The molecular formula is C17H26ClN3O3S. The average molecular weight is 388 g/mol. The normalized spacial score (nSPS) is 15.3. The van der Waals surface area contributed by atoms with Crippen LogP contribution in [0.15, 0.2) is 18.2 Å².